The molecule has 0 radical (unpaired) electrons. The summed E-state index contributed by atoms with van der Waals surface area (Å²) in [5, 5.41) is 0.938. The zero-order valence-electron chi connectivity index (χ0n) is 10.4. The Labute approximate surface area is 110 Å². The first kappa shape index (κ1) is 11.5. The lowest BCUT2D eigenvalue weighted by Crippen LogP contribution is -2.05. The molecule has 4 nitrogen and oxygen atoms in total. The molecule has 2 heterocycles. The minimum Gasteiger partial charge on any atom is -0.287 e. The number of hydrogen-bond acceptors (Lipinski definition) is 4. The molecule has 2 aromatic heterocycles. The van der Waals surface area contributed by atoms with Crippen LogP contribution in [0.15, 0.2) is 48.9 Å². The number of nitrogens with zero attached hydrogens (tertiary/aromatic N) is 3. The maximum atomic E-state index is 12.3. The van der Waals surface area contributed by atoms with Crippen LogP contribution in [0, 0.1) is 6.92 Å². The molecule has 0 N–H and O–H groups in total. The van der Waals surface area contributed by atoms with Crippen molar-refractivity contribution in [3.05, 3.63) is 65.9 Å². The zero-order chi connectivity index (χ0) is 13.2. The summed E-state index contributed by atoms with van der Waals surface area (Å²) in [5.41, 5.74) is 2.52. The average Bonchev–Trinajstić information content (AvgIpc) is 2.47. The van der Waals surface area contributed by atoms with E-state index in [-0.39, 0.29) is 5.78 Å². The van der Waals surface area contributed by atoms with Crippen molar-refractivity contribution in [2.75, 3.05) is 0 Å². The highest BCUT2D eigenvalue weighted by Crippen LogP contribution is 2.14. The summed E-state index contributed by atoms with van der Waals surface area (Å²) in [6.07, 6.45) is 4.65. The van der Waals surface area contributed by atoms with Crippen molar-refractivity contribution in [2.45, 2.75) is 6.92 Å². The van der Waals surface area contributed by atoms with Crippen molar-refractivity contribution in [2.24, 2.45) is 0 Å². The Morgan fingerprint density at radius 1 is 1.00 bits per heavy atom. The highest BCUT2D eigenvalue weighted by molar-refractivity contribution is 6.08. The highest BCUT2D eigenvalue weighted by Gasteiger charge is 2.11. The van der Waals surface area contributed by atoms with Crippen molar-refractivity contribution in [1.82, 2.24) is 15.0 Å². The van der Waals surface area contributed by atoms with E-state index in [1.807, 2.05) is 37.3 Å². The smallest absolute Gasteiger partial charge is 0.214 e. The van der Waals surface area contributed by atoms with Crippen LogP contribution in [-0.2, 0) is 0 Å². The molecule has 1 aromatic carbocycles. The van der Waals surface area contributed by atoms with E-state index in [1.165, 1.54) is 6.20 Å². The molecule has 0 unspecified atom stereocenters. The standard InChI is InChI=1S/C15H11N3O/c1-10-7-17-14(9-16-10)15(19)12-6-11-4-2-3-5-13(11)18-8-12/h2-9H,1H3. The lowest BCUT2D eigenvalue weighted by molar-refractivity contribution is 0.103. The molecule has 0 spiro atoms. The van der Waals surface area contributed by atoms with E-state index >= 15 is 0 Å². The number of hydrogen-bond donors (Lipinski definition) is 0. The van der Waals surface area contributed by atoms with Gasteiger partial charge >= 0.3 is 0 Å². The number of carbonyl (C=O) groups is 1. The SMILES string of the molecule is Cc1cnc(C(=O)c2cnc3ccccc3c2)cn1. The lowest BCUT2D eigenvalue weighted by Gasteiger charge is -2.02. The van der Waals surface area contributed by atoms with E-state index in [1.54, 1.807) is 12.4 Å². The predicted octanol–water partition coefficient (Wildman–Crippen LogP) is 2.56. The van der Waals surface area contributed by atoms with Gasteiger partial charge in [-0.2, -0.15) is 0 Å². The number of ketones is 1. The van der Waals surface area contributed by atoms with Crippen molar-refractivity contribution in [3.8, 4) is 0 Å². The molecule has 92 valence electrons. The molecular formula is C15H11N3O. The van der Waals surface area contributed by atoms with Crippen LogP contribution in [0.2, 0.25) is 0 Å². The van der Waals surface area contributed by atoms with Gasteiger partial charge in [-0.15, -0.1) is 0 Å². The average molecular weight is 249 g/mol. The van der Waals surface area contributed by atoms with Gasteiger partial charge in [-0.3, -0.25) is 14.8 Å². The number of aromatic nitrogens is 3. The first-order chi connectivity index (χ1) is 9.24. The minimum atomic E-state index is -0.161. The molecular weight excluding hydrogens is 238 g/mol. The molecule has 0 fully saturated rings. The van der Waals surface area contributed by atoms with Crippen LogP contribution in [-0.4, -0.2) is 20.7 Å². The minimum absolute atomic E-state index is 0.161. The van der Waals surface area contributed by atoms with Gasteiger partial charge in [-0.1, -0.05) is 18.2 Å². The normalized spacial score (nSPS) is 10.6. The van der Waals surface area contributed by atoms with E-state index in [2.05, 4.69) is 15.0 Å². The van der Waals surface area contributed by atoms with Gasteiger partial charge in [0.25, 0.3) is 0 Å². The summed E-state index contributed by atoms with van der Waals surface area (Å²) in [4.78, 5) is 24.7. The maximum Gasteiger partial charge on any atom is 0.214 e. The van der Waals surface area contributed by atoms with Crippen LogP contribution in [0.3, 0.4) is 0 Å². The zero-order valence-corrected chi connectivity index (χ0v) is 10.4. The van der Waals surface area contributed by atoms with Gasteiger partial charge in [-0.05, 0) is 19.1 Å². The Kier molecular flexibility index (Phi) is 2.76. The van der Waals surface area contributed by atoms with Crippen LogP contribution >= 0.6 is 0 Å². The van der Waals surface area contributed by atoms with Crippen molar-refractivity contribution >= 4 is 16.7 Å². The molecule has 19 heavy (non-hydrogen) atoms. The first-order valence-corrected chi connectivity index (χ1v) is 5.92. The monoisotopic (exact) mass is 249 g/mol. The Balaban J connectivity index is 2.04. The van der Waals surface area contributed by atoms with Crippen LogP contribution in [0.1, 0.15) is 21.7 Å². The van der Waals surface area contributed by atoms with E-state index in [4.69, 9.17) is 0 Å². The van der Waals surface area contributed by atoms with E-state index in [0.29, 0.717) is 11.3 Å². The van der Waals surface area contributed by atoms with Gasteiger partial charge < -0.3 is 0 Å². The van der Waals surface area contributed by atoms with Gasteiger partial charge in [0, 0.05) is 23.3 Å². The molecule has 4 heteroatoms. The van der Waals surface area contributed by atoms with Gasteiger partial charge in [-0.25, -0.2) is 4.98 Å². The van der Waals surface area contributed by atoms with Crippen molar-refractivity contribution in [1.29, 1.82) is 0 Å². The van der Waals surface area contributed by atoms with Crippen LogP contribution in [0.4, 0.5) is 0 Å². The quantitative estimate of drug-likeness (QED) is 0.655. The highest BCUT2D eigenvalue weighted by atomic mass is 16.1. The van der Waals surface area contributed by atoms with E-state index in [9.17, 15) is 4.79 Å². The van der Waals surface area contributed by atoms with Crippen LogP contribution in [0.5, 0.6) is 0 Å². The Morgan fingerprint density at radius 2 is 1.84 bits per heavy atom. The fraction of sp³-hybridized carbons (Fsp3) is 0.0667. The number of rotatable bonds is 2. The van der Waals surface area contributed by atoms with Gasteiger partial charge in [0.05, 0.1) is 17.4 Å². The molecule has 0 atom stereocenters. The molecule has 0 aliphatic heterocycles. The molecule has 3 aromatic rings. The molecule has 0 saturated carbocycles. The molecule has 0 saturated heterocycles. The third kappa shape index (κ3) is 2.20. The second-order valence-electron chi connectivity index (χ2n) is 4.29. The molecule has 0 bridgehead atoms. The summed E-state index contributed by atoms with van der Waals surface area (Å²) in [6, 6.07) is 9.51. The number of pyridine rings is 1. The number of aryl methyl sites for hydroxylation is 1. The largest absolute Gasteiger partial charge is 0.287 e. The Hall–Kier alpha value is -2.62. The van der Waals surface area contributed by atoms with E-state index in [0.717, 1.165) is 16.6 Å². The second-order valence-corrected chi connectivity index (χ2v) is 4.29. The van der Waals surface area contributed by atoms with Crippen molar-refractivity contribution < 1.29 is 4.79 Å². The molecule has 0 aliphatic rings. The summed E-state index contributed by atoms with van der Waals surface area (Å²) < 4.78 is 0. The summed E-state index contributed by atoms with van der Waals surface area (Å²) in [5.74, 6) is -0.161. The van der Waals surface area contributed by atoms with E-state index < -0.39 is 0 Å². The molecule has 3 rings (SSSR count). The van der Waals surface area contributed by atoms with Gasteiger partial charge in [0.2, 0.25) is 5.78 Å². The summed E-state index contributed by atoms with van der Waals surface area (Å²) >= 11 is 0. The fourth-order valence-corrected chi connectivity index (χ4v) is 1.85. The number of carbonyl (C=O) groups excluding carboxylic acids is 1. The fourth-order valence-electron chi connectivity index (χ4n) is 1.85. The Morgan fingerprint density at radius 3 is 2.63 bits per heavy atom. The molecule has 0 aliphatic carbocycles. The number of benzene rings is 1. The topological polar surface area (TPSA) is 55.7 Å². The first-order valence-electron chi connectivity index (χ1n) is 5.92. The third-order valence-corrected chi connectivity index (χ3v) is 2.87. The third-order valence-electron chi connectivity index (χ3n) is 2.87. The predicted molar refractivity (Wildman–Crippen MR) is 71.9 cm³/mol. The van der Waals surface area contributed by atoms with Crippen LogP contribution in [0.25, 0.3) is 10.9 Å². The van der Waals surface area contributed by atoms with Gasteiger partial charge in [0.1, 0.15) is 5.69 Å². The summed E-state index contributed by atoms with van der Waals surface area (Å²) in [6.45, 7) is 1.83. The number of fused-ring (bicyclic) bond motifs is 1. The Bertz CT molecular complexity index is 751. The second kappa shape index (κ2) is 4.57. The van der Waals surface area contributed by atoms with Crippen LogP contribution < -0.4 is 0 Å². The summed E-state index contributed by atoms with van der Waals surface area (Å²) in [7, 11) is 0. The van der Waals surface area contributed by atoms with Crippen molar-refractivity contribution in [3.63, 3.8) is 0 Å². The lowest BCUT2D eigenvalue weighted by atomic mass is 10.1. The maximum absolute atomic E-state index is 12.3. The number of para-hydroxylation sites is 1. The van der Waals surface area contributed by atoms with Gasteiger partial charge in [0.15, 0.2) is 0 Å². The molecule has 0 amide bonds.